The van der Waals surface area contributed by atoms with Gasteiger partial charge in [0.15, 0.2) is 11.6 Å². The number of carbonyl (C=O) groups excluding carboxylic acids is 1. The molecule has 8 nitrogen and oxygen atoms in total. The quantitative estimate of drug-likeness (QED) is 0.405. The summed E-state index contributed by atoms with van der Waals surface area (Å²) in [6.07, 6.45) is 2.62. The third kappa shape index (κ3) is 4.54. The van der Waals surface area contributed by atoms with Crippen LogP contribution >= 0.6 is 0 Å². The first-order valence-electron chi connectivity index (χ1n) is 6.51. The van der Waals surface area contributed by atoms with Crippen LogP contribution in [-0.2, 0) is 4.79 Å². The van der Waals surface area contributed by atoms with E-state index < -0.39 is 0 Å². The predicted octanol–water partition coefficient (Wildman–Crippen LogP) is 0.488. The van der Waals surface area contributed by atoms with Crippen molar-refractivity contribution in [2.24, 2.45) is 5.84 Å². The highest BCUT2D eigenvalue weighted by Gasteiger charge is 2.11. The summed E-state index contributed by atoms with van der Waals surface area (Å²) in [5, 5.41) is 5.92. The fourth-order valence-electron chi connectivity index (χ4n) is 1.54. The van der Waals surface area contributed by atoms with Crippen LogP contribution in [0.15, 0.2) is 6.33 Å². The Balaban J connectivity index is 2.52. The Morgan fingerprint density at radius 2 is 2.15 bits per heavy atom. The smallest absolute Gasteiger partial charge is 0.221 e. The zero-order valence-corrected chi connectivity index (χ0v) is 12.1. The Bertz CT molecular complexity index is 440. The van der Waals surface area contributed by atoms with E-state index in [1.54, 1.807) is 0 Å². The van der Waals surface area contributed by atoms with Gasteiger partial charge in [-0.25, -0.2) is 15.8 Å². The number of hydrogen-bond acceptors (Lipinski definition) is 7. The molecule has 1 aromatic heterocycles. The second-order valence-corrected chi connectivity index (χ2v) is 4.30. The number of methoxy groups -OCH3 is 1. The summed E-state index contributed by atoms with van der Waals surface area (Å²) in [6, 6.07) is 0.184. The molecule has 1 unspecified atom stereocenters. The number of ether oxygens (including phenoxy) is 1. The molecule has 0 saturated heterocycles. The van der Waals surface area contributed by atoms with Crippen LogP contribution in [0.2, 0.25) is 0 Å². The average Bonchev–Trinajstić information content (AvgIpc) is 2.46. The summed E-state index contributed by atoms with van der Waals surface area (Å²) in [4.78, 5) is 19.6. The van der Waals surface area contributed by atoms with Crippen LogP contribution in [0.5, 0.6) is 5.75 Å². The number of hydrogen-bond donors (Lipinski definition) is 4. The molecule has 112 valence electrons. The van der Waals surface area contributed by atoms with Gasteiger partial charge in [-0.05, 0) is 13.3 Å². The second-order valence-electron chi connectivity index (χ2n) is 4.30. The number of carbonyl (C=O) groups is 1. The van der Waals surface area contributed by atoms with Crippen LogP contribution in [-0.4, -0.2) is 35.6 Å². The highest BCUT2D eigenvalue weighted by molar-refractivity contribution is 5.76. The summed E-state index contributed by atoms with van der Waals surface area (Å²) in [5.41, 5.74) is 2.42. The van der Waals surface area contributed by atoms with Crippen molar-refractivity contribution in [3.05, 3.63) is 6.33 Å². The molecule has 20 heavy (non-hydrogen) atoms. The normalized spacial score (nSPS) is 11.6. The van der Waals surface area contributed by atoms with E-state index in [4.69, 9.17) is 10.6 Å². The molecular weight excluding hydrogens is 260 g/mol. The number of nitrogens with zero attached hydrogens (tertiary/aromatic N) is 2. The maximum absolute atomic E-state index is 11.6. The first-order valence-corrected chi connectivity index (χ1v) is 6.51. The molecule has 1 amide bonds. The van der Waals surface area contributed by atoms with Gasteiger partial charge >= 0.3 is 0 Å². The third-order valence-corrected chi connectivity index (χ3v) is 2.81. The molecule has 0 radical (unpaired) electrons. The molecule has 0 aliphatic carbocycles. The lowest BCUT2D eigenvalue weighted by molar-refractivity contribution is -0.121. The lowest BCUT2D eigenvalue weighted by Gasteiger charge is -2.13. The summed E-state index contributed by atoms with van der Waals surface area (Å²) < 4.78 is 5.18. The van der Waals surface area contributed by atoms with Gasteiger partial charge in [0, 0.05) is 19.0 Å². The van der Waals surface area contributed by atoms with Crippen molar-refractivity contribution in [1.29, 1.82) is 0 Å². The van der Waals surface area contributed by atoms with Gasteiger partial charge in [-0.1, -0.05) is 6.92 Å². The van der Waals surface area contributed by atoms with E-state index in [1.165, 1.54) is 13.4 Å². The number of anilines is 2. The van der Waals surface area contributed by atoms with Crippen molar-refractivity contribution < 1.29 is 9.53 Å². The van der Waals surface area contributed by atoms with Crippen molar-refractivity contribution in [1.82, 2.24) is 15.3 Å². The summed E-state index contributed by atoms with van der Waals surface area (Å²) in [7, 11) is 1.50. The molecule has 8 heteroatoms. The summed E-state index contributed by atoms with van der Waals surface area (Å²) in [5.74, 6) is 6.62. The lowest BCUT2D eigenvalue weighted by Crippen LogP contribution is -2.33. The van der Waals surface area contributed by atoms with Gasteiger partial charge < -0.3 is 20.8 Å². The maximum atomic E-state index is 11.6. The highest BCUT2D eigenvalue weighted by Crippen LogP contribution is 2.27. The monoisotopic (exact) mass is 282 g/mol. The van der Waals surface area contributed by atoms with Gasteiger partial charge in [0.25, 0.3) is 0 Å². The molecule has 0 saturated carbocycles. The number of aromatic nitrogens is 2. The van der Waals surface area contributed by atoms with Crippen molar-refractivity contribution in [3.8, 4) is 5.75 Å². The molecular formula is C12H22N6O2. The Morgan fingerprint density at radius 3 is 2.75 bits per heavy atom. The third-order valence-electron chi connectivity index (χ3n) is 2.81. The topological polar surface area (TPSA) is 114 Å². The fraction of sp³-hybridized carbons (Fsp3) is 0.583. The molecule has 0 aliphatic rings. The Hall–Kier alpha value is -2.09. The summed E-state index contributed by atoms with van der Waals surface area (Å²) in [6.45, 7) is 4.44. The first-order chi connectivity index (χ1) is 9.62. The lowest BCUT2D eigenvalue weighted by atomic mass is 10.2. The van der Waals surface area contributed by atoms with Crippen molar-refractivity contribution >= 4 is 17.5 Å². The van der Waals surface area contributed by atoms with Gasteiger partial charge in [-0.3, -0.25) is 4.79 Å². The first kappa shape index (κ1) is 16.0. The minimum absolute atomic E-state index is 0.00273. The molecule has 0 bridgehead atoms. The minimum Gasteiger partial charge on any atom is -0.490 e. The van der Waals surface area contributed by atoms with E-state index in [0.29, 0.717) is 30.4 Å². The predicted molar refractivity (Wildman–Crippen MR) is 77.4 cm³/mol. The number of hydrazine groups is 1. The van der Waals surface area contributed by atoms with Gasteiger partial charge in [0.2, 0.25) is 11.7 Å². The number of nitrogens with two attached hydrogens (primary N) is 1. The van der Waals surface area contributed by atoms with E-state index in [2.05, 4.69) is 26.0 Å². The second kappa shape index (κ2) is 8.16. The molecule has 1 aromatic rings. The van der Waals surface area contributed by atoms with Crippen LogP contribution in [0.25, 0.3) is 0 Å². The molecule has 5 N–H and O–H groups in total. The Labute approximate surface area is 118 Å². The van der Waals surface area contributed by atoms with Crippen LogP contribution in [0.1, 0.15) is 26.7 Å². The van der Waals surface area contributed by atoms with E-state index >= 15 is 0 Å². The zero-order chi connectivity index (χ0) is 15.0. The fourth-order valence-corrected chi connectivity index (χ4v) is 1.54. The molecule has 0 aromatic carbocycles. The molecule has 1 atom stereocenters. The van der Waals surface area contributed by atoms with Crippen molar-refractivity contribution in [2.75, 3.05) is 24.4 Å². The Kier molecular flexibility index (Phi) is 6.51. The molecule has 0 fully saturated rings. The number of amides is 1. The maximum Gasteiger partial charge on any atom is 0.221 e. The average molecular weight is 282 g/mol. The number of nitrogens with one attached hydrogen (secondary N) is 3. The molecule has 0 aliphatic heterocycles. The molecule has 1 heterocycles. The SMILES string of the molecule is CCC(C)NC(=O)CCNc1ncnc(NN)c1OC. The van der Waals surface area contributed by atoms with Gasteiger partial charge in [-0.2, -0.15) is 0 Å². The van der Waals surface area contributed by atoms with Crippen LogP contribution < -0.4 is 26.6 Å². The van der Waals surface area contributed by atoms with Gasteiger partial charge in [0.1, 0.15) is 6.33 Å². The van der Waals surface area contributed by atoms with E-state index in [9.17, 15) is 4.79 Å². The van der Waals surface area contributed by atoms with Gasteiger partial charge in [-0.15, -0.1) is 0 Å². The largest absolute Gasteiger partial charge is 0.490 e. The number of nitrogen functional groups attached to an aromatic ring is 1. The summed E-state index contributed by atoms with van der Waals surface area (Å²) >= 11 is 0. The molecule has 1 rings (SSSR count). The Morgan fingerprint density at radius 1 is 1.45 bits per heavy atom. The van der Waals surface area contributed by atoms with Gasteiger partial charge in [0.05, 0.1) is 7.11 Å². The van der Waals surface area contributed by atoms with Crippen LogP contribution in [0.3, 0.4) is 0 Å². The minimum atomic E-state index is -0.00273. The highest BCUT2D eigenvalue weighted by atomic mass is 16.5. The van der Waals surface area contributed by atoms with E-state index in [0.717, 1.165) is 6.42 Å². The van der Waals surface area contributed by atoms with E-state index in [1.807, 2.05) is 13.8 Å². The zero-order valence-electron chi connectivity index (χ0n) is 12.1. The van der Waals surface area contributed by atoms with Crippen molar-refractivity contribution in [2.45, 2.75) is 32.7 Å². The van der Waals surface area contributed by atoms with E-state index in [-0.39, 0.29) is 11.9 Å². The standard InChI is InChI=1S/C12H22N6O2/c1-4-8(2)17-9(19)5-6-14-11-10(20-3)12(18-13)16-7-15-11/h7-8H,4-6,13H2,1-3H3,(H,17,19)(H2,14,15,16,18). The number of rotatable bonds is 8. The van der Waals surface area contributed by atoms with Crippen molar-refractivity contribution in [3.63, 3.8) is 0 Å². The van der Waals surface area contributed by atoms with Crippen LogP contribution in [0.4, 0.5) is 11.6 Å². The molecule has 0 spiro atoms. The van der Waals surface area contributed by atoms with Crippen LogP contribution in [0, 0.1) is 0 Å².